The second kappa shape index (κ2) is 17.8. The average molecular weight is 623 g/mol. The number of hydrogen-bond donors (Lipinski definition) is 4. The highest BCUT2D eigenvalue weighted by atomic mass is 32.2. The van der Waals surface area contributed by atoms with Gasteiger partial charge in [-0.15, -0.1) is 11.8 Å². The Morgan fingerprint density at radius 1 is 0.864 bits per heavy atom. The highest BCUT2D eigenvalue weighted by molar-refractivity contribution is 7.99. The van der Waals surface area contributed by atoms with Crippen molar-refractivity contribution in [2.45, 2.75) is 81.5 Å². The molecule has 1 fully saturated rings. The van der Waals surface area contributed by atoms with Gasteiger partial charge in [0.25, 0.3) is 0 Å². The Labute approximate surface area is 263 Å². The van der Waals surface area contributed by atoms with Crippen molar-refractivity contribution in [1.29, 1.82) is 0 Å². The number of aliphatic hydroxyl groups excluding tert-OH is 1. The van der Waals surface area contributed by atoms with Gasteiger partial charge in [-0.2, -0.15) is 0 Å². The molecule has 1 aliphatic heterocycles. The monoisotopic (exact) mass is 622 g/mol. The molecule has 236 valence electrons. The maximum absolute atomic E-state index is 12.3. The van der Waals surface area contributed by atoms with E-state index in [1.54, 1.807) is 24.4 Å². The zero-order chi connectivity index (χ0) is 31.1. The Morgan fingerprint density at radius 3 is 2.20 bits per heavy atom. The Morgan fingerprint density at radius 2 is 1.52 bits per heavy atom. The van der Waals surface area contributed by atoms with Crippen molar-refractivity contribution in [2.75, 3.05) is 12.9 Å². The SMILES string of the molecule is COc1ccccc1SCC1CC(c2ccc(CO)cc2)OC(c2ccc(CNC(=O)CCCCCCC(=O)NO)cc2)O1. The minimum atomic E-state index is -0.554. The number of para-hydroxylation sites is 1. The summed E-state index contributed by atoms with van der Waals surface area (Å²) in [5.41, 5.74) is 5.40. The van der Waals surface area contributed by atoms with Crippen LogP contribution in [0, 0.1) is 0 Å². The third-order valence-electron chi connectivity index (χ3n) is 7.53. The maximum atomic E-state index is 12.3. The smallest absolute Gasteiger partial charge is 0.243 e. The summed E-state index contributed by atoms with van der Waals surface area (Å²) in [4.78, 5) is 24.4. The van der Waals surface area contributed by atoms with Gasteiger partial charge in [-0.1, -0.05) is 73.5 Å². The number of unbranched alkanes of at least 4 members (excludes halogenated alkanes) is 3. The molecule has 1 heterocycles. The van der Waals surface area contributed by atoms with Crippen LogP contribution < -0.4 is 15.5 Å². The van der Waals surface area contributed by atoms with Crippen LogP contribution in [-0.4, -0.2) is 41.1 Å². The normalized spacial score (nSPS) is 18.0. The van der Waals surface area contributed by atoms with Crippen LogP contribution in [0.1, 0.15) is 79.6 Å². The Balaban J connectivity index is 1.32. The summed E-state index contributed by atoms with van der Waals surface area (Å²) in [7, 11) is 1.68. The molecule has 0 aromatic heterocycles. The van der Waals surface area contributed by atoms with Crippen molar-refractivity contribution in [3.05, 3.63) is 95.1 Å². The fourth-order valence-corrected chi connectivity index (χ4v) is 6.05. The summed E-state index contributed by atoms with van der Waals surface area (Å²) in [6.45, 7) is 0.427. The standard InChI is InChI=1S/C34H42N2O7S/c1-41-29-8-6-7-9-31(29)44-23-28-20-30(26-16-14-25(22-37)15-17-26)43-34(42-28)27-18-12-24(13-19-27)21-35-32(38)10-4-2-3-5-11-33(39)36-40/h6-9,12-19,28,30,34,37,40H,2-5,10-11,20-23H2,1H3,(H,35,38)(H,36,39). The van der Waals surface area contributed by atoms with Crippen LogP contribution in [0.3, 0.4) is 0 Å². The van der Waals surface area contributed by atoms with Gasteiger partial charge in [0.05, 0.1) is 25.9 Å². The molecular formula is C34H42N2O7S. The van der Waals surface area contributed by atoms with E-state index in [1.807, 2.05) is 72.8 Å². The minimum absolute atomic E-state index is 0.00406. The second-order valence-corrected chi connectivity index (χ2v) is 11.8. The van der Waals surface area contributed by atoms with Crippen LogP contribution in [0.4, 0.5) is 0 Å². The van der Waals surface area contributed by atoms with Gasteiger partial charge in [-0.3, -0.25) is 14.8 Å². The molecule has 3 unspecified atom stereocenters. The predicted octanol–water partition coefficient (Wildman–Crippen LogP) is 5.99. The molecule has 1 aliphatic rings. The summed E-state index contributed by atoms with van der Waals surface area (Å²) in [5.74, 6) is 1.18. The molecule has 0 aliphatic carbocycles. The highest BCUT2D eigenvalue weighted by Gasteiger charge is 2.32. The fourth-order valence-electron chi connectivity index (χ4n) is 5.01. The minimum Gasteiger partial charge on any atom is -0.496 e. The summed E-state index contributed by atoms with van der Waals surface area (Å²) in [6.07, 6.45) is 3.75. The molecule has 44 heavy (non-hydrogen) atoms. The van der Waals surface area contributed by atoms with Gasteiger partial charge in [0.2, 0.25) is 11.8 Å². The molecule has 3 aromatic carbocycles. The molecule has 0 radical (unpaired) electrons. The van der Waals surface area contributed by atoms with Crippen molar-refractivity contribution < 1.29 is 34.1 Å². The number of methoxy groups -OCH3 is 1. The lowest BCUT2D eigenvalue weighted by Gasteiger charge is -2.36. The van der Waals surface area contributed by atoms with Crippen molar-refractivity contribution >= 4 is 23.6 Å². The Bertz CT molecular complexity index is 1320. The molecule has 2 amide bonds. The Hall–Kier alpha value is -3.41. The zero-order valence-corrected chi connectivity index (χ0v) is 25.9. The van der Waals surface area contributed by atoms with Crippen LogP contribution >= 0.6 is 11.8 Å². The van der Waals surface area contributed by atoms with Crippen LogP contribution in [0.5, 0.6) is 5.75 Å². The van der Waals surface area contributed by atoms with E-state index in [1.165, 1.54) is 0 Å². The van der Waals surface area contributed by atoms with E-state index in [2.05, 4.69) is 5.32 Å². The fraction of sp³-hybridized carbons (Fsp3) is 0.412. The second-order valence-electron chi connectivity index (χ2n) is 10.8. The molecule has 9 nitrogen and oxygen atoms in total. The van der Waals surface area contributed by atoms with E-state index in [-0.39, 0.29) is 37.0 Å². The first-order valence-electron chi connectivity index (χ1n) is 15.0. The number of rotatable bonds is 16. The van der Waals surface area contributed by atoms with Crippen molar-refractivity contribution in [2.24, 2.45) is 0 Å². The molecule has 0 saturated carbocycles. The average Bonchev–Trinajstić information content (AvgIpc) is 3.08. The largest absolute Gasteiger partial charge is 0.496 e. The van der Waals surface area contributed by atoms with E-state index in [0.29, 0.717) is 25.8 Å². The van der Waals surface area contributed by atoms with E-state index in [0.717, 1.165) is 57.9 Å². The molecule has 4 rings (SSSR count). The predicted molar refractivity (Wildman–Crippen MR) is 168 cm³/mol. The molecule has 3 aromatic rings. The number of hydroxylamine groups is 1. The number of carbonyl (C=O) groups is 2. The van der Waals surface area contributed by atoms with E-state index in [4.69, 9.17) is 19.4 Å². The number of hydrogen-bond acceptors (Lipinski definition) is 8. The van der Waals surface area contributed by atoms with Gasteiger partial charge in [-0.05, 0) is 41.7 Å². The Kier molecular flexibility index (Phi) is 13.5. The number of thioether (sulfide) groups is 1. The zero-order valence-electron chi connectivity index (χ0n) is 25.1. The van der Waals surface area contributed by atoms with Gasteiger partial charge in [0.1, 0.15) is 5.75 Å². The third kappa shape index (κ3) is 10.3. The quantitative estimate of drug-likeness (QED) is 0.0665. The van der Waals surface area contributed by atoms with Gasteiger partial charge in [0, 0.05) is 42.0 Å². The first-order chi connectivity index (χ1) is 21.5. The lowest BCUT2D eigenvalue weighted by atomic mass is 10.0. The van der Waals surface area contributed by atoms with Crippen molar-refractivity contribution in [1.82, 2.24) is 10.8 Å². The molecule has 0 spiro atoms. The topological polar surface area (TPSA) is 126 Å². The molecule has 4 N–H and O–H groups in total. The molecule has 10 heteroatoms. The van der Waals surface area contributed by atoms with Gasteiger partial charge >= 0.3 is 0 Å². The van der Waals surface area contributed by atoms with Gasteiger partial charge in [0.15, 0.2) is 6.29 Å². The van der Waals surface area contributed by atoms with Gasteiger partial charge in [-0.25, -0.2) is 5.48 Å². The highest BCUT2D eigenvalue weighted by Crippen LogP contribution is 2.40. The summed E-state index contributed by atoms with van der Waals surface area (Å²) in [6, 6.07) is 23.7. The molecule has 1 saturated heterocycles. The summed E-state index contributed by atoms with van der Waals surface area (Å²) < 4.78 is 18.5. The lowest BCUT2D eigenvalue weighted by molar-refractivity contribution is -0.245. The first-order valence-corrected chi connectivity index (χ1v) is 16.0. The van der Waals surface area contributed by atoms with Gasteiger partial charge < -0.3 is 24.6 Å². The summed E-state index contributed by atoms with van der Waals surface area (Å²) >= 11 is 1.70. The number of amides is 2. The van der Waals surface area contributed by atoms with Crippen LogP contribution in [-0.2, 0) is 32.2 Å². The number of aliphatic hydroxyl groups is 1. The maximum Gasteiger partial charge on any atom is 0.243 e. The van der Waals surface area contributed by atoms with E-state index in [9.17, 15) is 14.7 Å². The molecular weight excluding hydrogens is 580 g/mol. The van der Waals surface area contributed by atoms with Crippen molar-refractivity contribution in [3.63, 3.8) is 0 Å². The van der Waals surface area contributed by atoms with E-state index < -0.39 is 6.29 Å². The number of ether oxygens (including phenoxy) is 3. The molecule has 0 bridgehead atoms. The number of benzene rings is 3. The molecule has 3 atom stereocenters. The van der Waals surface area contributed by atoms with Crippen LogP contribution in [0.25, 0.3) is 0 Å². The van der Waals surface area contributed by atoms with Crippen LogP contribution in [0.15, 0.2) is 77.7 Å². The first kappa shape index (κ1) is 33.5. The number of nitrogens with one attached hydrogen (secondary N) is 2. The summed E-state index contributed by atoms with van der Waals surface area (Å²) in [5, 5.41) is 21.0. The van der Waals surface area contributed by atoms with Crippen LogP contribution in [0.2, 0.25) is 0 Å². The van der Waals surface area contributed by atoms with Crippen molar-refractivity contribution in [3.8, 4) is 5.75 Å². The van der Waals surface area contributed by atoms with E-state index >= 15 is 0 Å². The third-order valence-corrected chi connectivity index (χ3v) is 8.72. The number of carbonyl (C=O) groups excluding carboxylic acids is 2. The lowest BCUT2D eigenvalue weighted by Crippen LogP contribution is -2.31.